The molecule has 0 aliphatic heterocycles. The number of benzene rings is 1. The van der Waals surface area contributed by atoms with Gasteiger partial charge in [-0.2, -0.15) is 0 Å². The van der Waals surface area contributed by atoms with Gasteiger partial charge < -0.3 is 10.1 Å². The van der Waals surface area contributed by atoms with Crippen LogP contribution in [-0.4, -0.2) is 23.3 Å². The van der Waals surface area contributed by atoms with E-state index in [9.17, 15) is 9.18 Å². The molecule has 1 aromatic carbocycles. The summed E-state index contributed by atoms with van der Waals surface area (Å²) < 4.78 is 18.3. The molecule has 2 aromatic rings. The van der Waals surface area contributed by atoms with Crippen molar-refractivity contribution < 1.29 is 13.9 Å². The SMILES string of the molecule is COc1cc(F)cc(NC(=O)Nc2nnc(C3CC3)s2)c1. The molecule has 0 spiro atoms. The molecule has 8 heteroatoms. The summed E-state index contributed by atoms with van der Waals surface area (Å²) in [6, 6.07) is 3.47. The lowest BCUT2D eigenvalue weighted by molar-refractivity contribution is 0.262. The van der Waals surface area contributed by atoms with Crippen molar-refractivity contribution in [2.24, 2.45) is 0 Å². The molecule has 110 valence electrons. The molecule has 0 bridgehead atoms. The normalized spacial score (nSPS) is 13.8. The van der Waals surface area contributed by atoms with Gasteiger partial charge in [0.05, 0.1) is 7.11 Å². The lowest BCUT2D eigenvalue weighted by Crippen LogP contribution is -2.19. The molecule has 0 unspecified atom stereocenters. The van der Waals surface area contributed by atoms with Crippen molar-refractivity contribution in [2.45, 2.75) is 18.8 Å². The van der Waals surface area contributed by atoms with Crippen LogP contribution < -0.4 is 15.4 Å². The summed E-state index contributed by atoms with van der Waals surface area (Å²) in [4.78, 5) is 11.8. The fourth-order valence-electron chi connectivity index (χ4n) is 1.79. The van der Waals surface area contributed by atoms with Crippen LogP contribution in [0.4, 0.5) is 20.0 Å². The van der Waals surface area contributed by atoms with E-state index in [1.165, 1.54) is 36.6 Å². The first-order chi connectivity index (χ1) is 10.1. The number of nitrogens with zero attached hydrogens (tertiary/aromatic N) is 2. The van der Waals surface area contributed by atoms with E-state index in [4.69, 9.17) is 4.74 Å². The van der Waals surface area contributed by atoms with Gasteiger partial charge >= 0.3 is 6.03 Å². The first-order valence-corrected chi connectivity index (χ1v) is 7.21. The van der Waals surface area contributed by atoms with Gasteiger partial charge in [-0.3, -0.25) is 5.32 Å². The number of amides is 2. The molecule has 0 radical (unpaired) electrons. The highest BCUT2D eigenvalue weighted by Gasteiger charge is 2.27. The number of carbonyl (C=O) groups excluding carboxylic acids is 1. The van der Waals surface area contributed by atoms with Crippen LogP contribution in [-0.2, 0) is 0 Å². The van der Waals surface area contributed by atoms with Gasteiger partial charge in [0.2, 0.25) is 5.13 Å². The number of hydrogen-bond acceptors (Lipinski definition) is 5. The van der Waals surface area contributed by atoms with Gasteiger partial charge in [0.1, 0.15) is 16.6 Å². The minimum absolute atomic E-state index is 0.302. The summed E-state index contributed by atoms with van der Waals surface area (Å²) in [5.41, 5.74) is 0.302. The van der Waals surface area contributed by atoms with Gasteiger partial charge in [0, 0.05) is 23.7 Å². The molecule has 2 N–H and O–H groups in total. The van der Waals surface area contributed by atoms with Crippen LogP contribution >= 0.6 is 11.3 Å². The molecule has 1 saturated carbocycles. The predicted molar refractivity (Wildman–Crippen MR) is 77.5 cm³/mol. The quantitative estimate of drug-likeness (QED) is 0.909. The van der Waals surface area contributed by atoms with Crippen LogP contribution in [0, 0.1) is 5.82 Å². The molecule has 0 saturated heterocycles. The summed E-state index contributed by atoms with van der Waals surface area (Å²) in [7, 11) is 1.43. The van der Waals surface area contributed by atoms with Gasteiger partial charge in [0.15, 0.2) is 0 Å². The summed E-state index contributed by atoms with van der Waals surface area (Å²) in [5, 5.41) is 14.4. The molecule has 21 heavy (non-hydrogen) atoms. The van der Waals surface area contributed by atoms with Crippen LogP contribution in [0.15, 0.2) is 18.2 Å². The number of nitrogens with one attached hydrogen (secondary N) is 2. The number of rotatable bonds is 4. The maximum Gasteiger partial charge on any atom is 0.325 e. The number of carbonyl (C=O) groups is 1. The van der Waals surface area contributed by atoms with Gasteiger partial charge in [-0.15, -0.1) is 10.2 Å². The van der Waals surface area contributed by atoms with Crippen molar-refractivity contribution in [1.82, 2.24) is 10.2 Å². The third-order valence-corrected chi connectivity index (χ3v) is 3.95. The highest BCUT2D eigenvalue weighted by Crippen LogP contribution is 2.42. The lowest BCUT2D eigenvalue weighted by atomic mass is 10.3. The summed E-state index contributed by atoms with van der Waals surface area (Å²) >= 11 is 1.36. The Morgan fingerprint density at radius 2 is 2.14 bits per heavy atom. The molecule has 6 nitrogen and oxygen atoms in total. The minimum atomic E-state index is -0.499. The number of hydrogen-bond donors (Lipinski definition) is 2. The van der Waals surface area contributed by atoms with E-state index in [1.807, 2.05) is 0 Å². The fraction of sp³-hybridized carbons (Fsp3) is 0.308. The zero-order valence-corrected chi connectivity index (χ0v) is 12.0. The number of ether oxygens (including phenoxy) is 1. The van der Waals surface area contributed by atoms with Crippen molar-refractivity contribution >= 4 is 28.2 Å². The second-order valence-corrected chi connectivity index (χ2v) is 5.69. The summed E-state index contributed by atoms with van der Waals surface area (Å²) in [6.07, 6.45) is 2.26. The zero-order valence-electron chi connectivity index (χ0n) is 11.2. The second kappa shape index (κ2) is 5.65. The Balaban J connectivity index is 1.63. The number of anilines is 2. The van der Waals surface area contributed by atoms with Crippen molar-refractivity contribution in [2.75, 3.05) is 17.7 Å². The average molecular weight is 308 g/mol. The van der Waals surface area contributed by atoms with E-state index < -0.39 is 11.8 Å². The third-order valence-electron chi connectivity index (χ3n) is 2.95. The van der Waals surface area contributed by atoms with Crippen molar-refractivity contribution in [3.8, 4) is 5.75 Å². The molecule has 1 aromatic heterocycles. The molecule has 1 aliphatic rings. The van der Waals surface area contributed by atoms with E-state index in [-0.39, 0.29) is 0 Å². The van der Waals surface area contributed by atoms with Crippen LogP contribution in [0.1, 0.15) is 23.8 Å². The Morgan fingerprint density at radius 3 is 2.86 bits per heavy atom. The fourth-order valence-corrected chi connectivity index (χ4v) is 2.70. The topological polar surface area (TPSA) is 76.1 Å². The predicted octanol–water partition coefficient (Wildman–Crippen LogP) is 3.21. The monoisotopic (exact) mass is 308 g/mol. The Hall–Kier alpha value is -2.22. The van der Waals surface area contributed by atoms with Crippen LogP contribution in [0.3, 0.4) is 0 Å². The van der Waals surface area contributed by atoms with Crippen molar-refractivity contribution in [1.29, 1.82) is 0 Å². The van der Waals surface area contributed by atoms with Crippen molar-refractivity contribution in [3.05, 3.63) is 29.0 Å². The van der Waals surface area contributed by atoms with E-state index in [0.717, 1.165) is 17.8 Å². The average Bonchev–Trinajstić information content (AvgIpc) is 3.19. The number of urea groups is 1. The Kier molecular flexibility index (Phi) is 3.70. The lowest BCUT2D eigenvalue weighted by Gasteiger charge is -2.07. The second-order valence-electron chi connectivity index (χ2n) is 4.68. The highest BCUT2D eigenvalue weighted by molar-refractivity contribution is 7.15. The van der Waals surface area contributed by atoms with Crippen LogP contribution in [0.5, 0.6) is 5.75 Å². The van der Waals surface area contributed by atoms with E-state index in [0.29, 0.717) is 22.5 Å². The highest BCUT2D eigenvalue weighted by atomic mass is 32.1. The smallest absolute Gasteiger partial charge is 0.325 e. The van der Waals surface area contributed by atoms with Gasteiger partial charge in [-0.1, -0.05) is 11.3 Å². The maximum absolute atomic E-state index is 13.3. The van der Waals surface area contributed by atoms with Crippen LogP contribution in [0.2, 0.25) is 0 Å². The van der Waals surface area contributed by atoms with E-state index in [2.05, 4.69) is 20.8 Å². The summed E-state index contributed by atoms with van der Waals surface area (Å²) in [6.45, 7) is 0. The summed E-state index contributed by atoms with van der Waals surface area (Å²) in [5.74, 6) is 0.336. The molecule has 1 heterocycles. The molecule has 0 atom stereocenters. The Labute approximate surface area is 124 Å². The first kappa shape index (κ1) is 13.7. The largest absolute Gasteiger partial charge is 0.497 e. The number of methoxy groups -OCH3 is 1. The van der Waals surface area contributed by atoms with Crippen molar-refractivity contribution in [3.63, 3.8) is 0 Å². The van der Waals surface area contributed by atoms with E-state index >= 15 is 0 Å². The molecule has 3 rings (SSSR count). The van der Waals surface area contributed by atoms with Gasteiger partial charge in [-0.25, -0.2) is 9.18 Å². The zero-order chi connectivity index (χ0) is 14.8. The Bertz CT molecular complexity index is 672. The molecule has 1 aliphatic carbocycles. The maximum atomic E-state index is 13.3. The minimum Gasteiger partial charge on any atom is -0.497 e. The molecule has 1 fully saturated rings. The number of halogens is 1. The van der Waals surface area contributed by atoms with Gasteiger partial charge in [0.25, 0.3) is 0 Å². The van der Waals surface area contributed by atoms with Crippen LogP contribution in [0.25, 0.3) is 0 Å². The van der Waals surface area contributed by atoms with E-state index in [1.54, 1.807) is 0 Å². The van der Waals surface area contributed by atoms with Gasteiger partial charge in [-0.05, 0) is 18.9 Å². The standard InChI is InChI=1S/C13H13FN4O2S/c1-20-10-5-8(14)4-9(6-10)15-12(19)16-13-18-17-11(21-13)7-2-3-7/h4-7H,2-3H2,1H3,(H2,15,16,18,19). The Morgan fingerprint density at radius 1 is 1.33 bits per heavy atom. The molecular formula is C13H13FN4O2S. The first-order valence-electron chi connectivity index (χ1n) is 6.40. The molecular weight excluding hydrogens is 295 g/mol. The third kappa shape index (κ3) is 3.46. The number of aromatic nitrogens is 2. The molecule has 2 amide bonds.